The molecule has 0 saturated heterocycles. The molecule has 0 aromatic heterocycles. The van der Waals surface area contributed by atoms with Gasteiger partial charge in [-0.15, -0.1) is 0 Å². The van der Waals surface area contributed by atoms with Gasteiger partial charge in [-0.1, -0.05) is 69.3 Å². The van der Waals surface area contributed by atoms with E-state index in [-0.39, 0.29) is 12.0 Å². The summed E-state index contributed by atoms with van der Waals surface area (Å²) in [7, 11) is 0. The van der Waals surface area contributed by atoms with Crippen LogP contribution in [0.5, 0.6) is 17.2 Å². The van der Waals surface area contributed by atoms with E-state index in [1.165, 1.54) is 5.56 Å². The molecule has 3 aromatic carbocycles. The standard InChI is InChI=1S/C26H28O4/c1-5-28-25(27)18-29-23-16-11-20(19-9-7-6-8-10-19)17-24(23)30-22-14-12-21(13-15-22)26(2,3)4/h6-17H,5,18H2,1-4H3. The van der Waals surface area contributed by atoms with Crippen LogP contribution in [0.2, 0.25) is 0 Å². The first-order chi connectivity index (χ1) is 14.4. The average molecular weight is 405 g/mol. The molecule has 0 amide bonds. The number of hydrogen-bond acceptors (Lipinski definition) is 4. The third-order valence-electron chi connectivity index (χ3n) is 4.65. The van der Waals surface area contributed by atoms with E-state index < -0.39 is 5.97 Å². The fraction of sp³-hybridized carbons (Fsp3) is 0.269. The predicted molar refractivity (Wildman–Crippen MR) is 119 cm³/mol. The molecule has 30 heavy (non-hydrogen) atoms. The largest absolute Gasteiger partial charge is 0.478 e. The van der Waals surface area contributed by atoms with Gasteiger partial charge in [0.25, 0.3) is 0 Å². The second kappa shape index (κ2) is 9.49. The van der Waals surface area contributed by atoms with Gasteiger partial charge in [0, 0.05) is 0 Å². The Morgan fingerprint density at radius 1 is 0.833 bits per heavy atom. The molecule has 3 rings (SSSR count). The van der Waals surface area contributed by atoms with E-state index in [1.54, 1.807) is 6.92 Å². The second-order valence-electron chi connectivity index (χ2n) is 8.00. The summed E-state index contributed by atoms with van der Waals surface area (Å²) in [6.45, 7) is 8.44. The Labute approximate surface area is 178 Å². The monoisotopic (exact) mass is 404 g/mol. The zero-order valence-electron chi connectivity index (χ0n) is 18.0. The second-order valence-corrected chi connectivity index (χ2v) is 8.00. The molecule has 0 radical (unpaired) electrons. The SMILES string of the molecule is CCOC(=O)COc1ccc(-c2ccccc2)cc1Oc1ccc(C(C)(C)C)cc1. The van der Waals surface area contributed by atoms with E-state index >= 15 is 0 Å². The molecule has 3 aromatic rings. The lowest BCUT2D eigenvalue weighted by Crippen LogP contribution is -2.14. The van der Waals surface area contributed by atoms with Crippen molar-refractivity contribution in [3.05, 3.63) is 78.4 Å². The molecule has 0 bridgehead atoms. The Balaban J connectivity index is 1.88. The Morgan fingerprint density at radius 3 is 2.17 bits per heavy atom. The van der Waals surface area contributed by atoms with Gasteiger partial charge in [0.15, 0.2) is 18.1 Å². The highest BCUT2D eigenvalue weighted by Gasteiger charge is 2.15. The van der Waals surface area contributed by atoms with Gasteiger partial charge in [0.1, 0.15) is 5.75 Å². The van der Waals surface area contributed by atoms with Crippen molar-refractivity contribution in [1.29, 1.82) is 0 Å². The van der Waals surface area contributed by atoms with Crippen molar-refractivity contribution in [1.82, 2.24) is 0 Å². The number of ether oxygens (including phenoxy) is 3. The maximum atomic E-state index is 11.7. The number of hydrogen-bond donors (Lipinski definition) is 0. The molecule has 0 fully saturated rings. The van der Waals surface area contributed by atoms with Gasteiger partial charge in [0.2, 0.25) is 0 Å². The number of carbonyl (C=O) groups excluding carboxylic acids is 1. The fourth-order valence-electron chi connectivity index (χ4n) is 3.01. The van der Waals surface area contributed by atoms with Crippen molar-refractivity contribution in [2.24, 2.45) is 0 Å². The molecule has 0 heterocycles. The minimum atomic E-state index is -0.412. The van der Waals surface area contributed by atoms with Crippen LogP contribution in [-0.2, 0) is 14.9 Å². The average Bonchev–Trinajstić information content (AvgIpc) is 2.73. The maximum Gasteiger partial charge on any atom is 0.344 e. The van der Waals surface area contributed by atoms with Crippen molar-refractivity contribution in [3.8, 4) is 28.4 Å². The summed E-state index contributed by atoms with van der Waals surface area (Å²) < 4.78 is 16.8. The normalized spacial score (nSPS) is 11.1. The molecular weight excluding hydrogens is 376 g/mol. The zero-order chi connectivity index (χ0) is 21.6. The van der Waals surface area contributed by atoms with Crippen molar-refractivity contribution in [2.45, 2.75) is 33.1 Å². The van der Waals surface area contributed by atoms with Gasteiger partial charge >= 0.3 is 5.97 Å². The van der Waals surface area contributed by atoms with Gasteiger partial charge in [0.05, 0.1) is 6.61 Å². The molecular formula is C26H28O4. The molecule has 156 valence electrons. The van der Waals surface area contributed by atoms with E-state index in [0.29, 0.717) is 23.9 Å². The summed E-state index contributed by atoms with van der Waals surface area (Å²) in [5.74, 6) is 1.33. The number of esters is 1. The lowest BCUT2D eigenvalue weighted by Gasteiger charge is -2.19. The molecule has 0 aliphatic carbocycles. The number of carbonyl (C=O) groups is 1. The molecule has 0 unspecified atom stereocenters. The number of benzene rings is 3. The van der Waals surface area contributed by atoms with Crippen molar-refractivity contribution in [3.63, 3.8) is 0 Å². The topological polar surface area (TPSA) is 44.8 Å². The Morgan fingerprint density at radius 2 is 1.53 bits per heavy atom. The molecule has 0 spiro atoms. The van der Waals surface area contributed by atoms with Gasteiger partial charge in [-0.25, -0.2) is 4.79 Å². The first kappa shape index (κ1) is 21.4. The Kier molecular flexibility index (Phi) is 6.78. The smallest absolute Gasteiger partial charge is 0.344 e. The molecule has 0 N–H and O–H groups in total. The van der Waals surface area contributed by atoms with E-state index in [0.717, 1.165) is 11.1 Å². The molecule has 0 atom stereocenters. The first-order valence-electron chi connectivity index (χ1n) is 10.1. The van der Waals surface area contributed by atoms with Crippen LogP contribution in [0.15, 0.2) is 72.8 Å². The minimum absolute atomic E-state index is 0.0691. The van der Waals surface area contributed by atoms with Crippen LogP contribution in [-0.4, -0.2) is 19.2 Å². The highest BCUT2D eigenvalue weighted by atomic mass is 16.6. The van der Waals surface area contributed by atoms with E-state index in [4.69, 9.17) is 14.2 Å². The third-order valence-corrected chi connectivity index (χ3v) is 4.65. The summed E-state index contributed by atoms with van der Waals surface area (Å²) in [4.78, 5) is 11.7. The van der Waals surface area contributed by atoms with Gasteiger partial charge in [-0.3, -0.25) is 0 Å². The first-order valence-corrected chi connectivity index (χ1v) is 10.1. The quantitative estimate of drug-likeness (QED) is 0.428. The van der Waals surface area contributed by atoms with Gasteiger partial charge < -0.3 is 14.2 Å². The zero-order valence-corrected chi connectivity index (χ0v) is 18.0. The summed E-state index contributed by atoms with van der Waals surface area (Å²) >= 11 is 0. The molecule has 4 nitrogen and oxygen atoms in total. The summed E-state index contributed by atoms with van der Waals surface area (Å²) in [6.07, 6.45) is 0. The van der Waals surface area contributed by atoms with Crippen LogP contribution in [0.3, 0.4) is 0 Å². The minimum Gasteiger partial charge on any atom is -0.478 e. The highest BCUT2D eigenvalue weighted by Crippen LogP contribution is 2.36. The van der Waals surface area contributed by atoms with Crippen LogP contribution in [0.1, 0.15) is 33.3 Å². The summed E-state index contributed by atoms with van der Waals surface area (Å²) in [5, 5.41) is 0. The molecule has 0 aliphatic rings. The lowest BCUT2D eigenvalue weighted by atomic mass is 9.87. The molecule has 0 aliphatic heterocycles. The highest BCUT2D eigenvalue weighted by molar-refractivity contribution is 5.72. The van der Waals surface area contributed by atoms with Crippen LogP contribution < -0.4 is 9.47 Å². The lowest BCUT2D eigenvalue weighted by molar-refractivity contribution is -0.145. The number of rotatable bonds is 7. The van der Waals surface area contributed by atoms with Crippen LogP contribution >= 0.6 is 0 Å². The Bertz CT molecular complexity index is 970. The molecule has 0 saturated carbocycles. The molecule has 4 heteroatoms. The van der Waals surface area contributed by atoms with Crippen LogP contribution in [0.4, 0.5) is 0 Å². The fourth-order valence-corrected chi connectivity index (χ4v) is 3.01. The van der Waals surface area contributed by atoms with Gasteiger partial charge in [-0.2, -0.15) is 0 Å². The van der Waals surface area contributed by atoms with Crippen molar-refractivity contribution in [2.75, 3.05) is 13.2 Å². The van der Waals surface area contributed by atoms with E-state index in [9.17, 15) is 4.79 Å². The summed E-state index contributed by atoms with van der Waals surface area (Å²) in [5.41, 5.74) is 3.37. The van der Waals surface area contributed by atoms with Crippen molar-refractivity contribution < 1.29 is 19.0 Å². The van der Waals surface area contributed by atoms with E-state index in [2.05, 4.69) is 32.9 Å². The third kappa shape index (κ3) is 5.63. The predicted octanol–water partition coefficient (Wildman–Crippen LogP) is 6.39. The Hall–Kier alpha value is -3.27. The van der Waals surface area contributed by atoms with Gasteiger partial charge in [-0.05, 0) is 53.3 Å². The van der Waals surface area contributed by atoms with Crippen LogP contribution in [0.25, 0.3) is 11.1 Å². The summed E-state index contributed by atoms with van der Waals surface area (Å²) in [6, 6.07) is 23.8. The van der Waals surface area contributed by atoms with E-state index in [1.807, 2.05) is 60.7 Å². The van der Waals surface area contributed by atoms with Crippen molar-refractivity contribution >= 4 is 5.97 Å². The van der Waals surface area contributed by atoms with Crippen LogP contribution in [0, 0.1) is 0 Å². The maximum absolute atomic E-state index is 11.7.